The van der Waals surface area contributed by atoms with Crippen LogP contribution >= 0.6 is 11.3 Å². The Morgan fingerprint density at radius 1 is 1.09 bits per heavy atom. The van der Waals surface area contributed by atoms with Gasteiger partial charge >= 0.3 is 5.97 Å². The maximum atomic E-state index is 14.4. The van der Waals surface area contributed by atoms with E-state index in [1.807, 2.05) is 52.2 Å². The van der Waals surface area contributed by atoms with Gasteiger partial charge in [-0.15, -0.1) is 11.3 Å². The molecule has 0 spiro atoms. The van der Waals surface area contributed by atoms with Crippen molar-refractivity contribution in [3.05, 3.63) is 45.6 Å². The number of aryl methyl sites for hydroxylation is 1. The first-order chi connectivity index (χ1) is 20.7. The number of ketones is 1. The molecule has 0 amide bonds. The van der Waals surface area contributed by atoms with E-state index in [2.05, 4.69) is 57.3 Å². The second-order valence-electron chi connectivity index (χ2n) is 15.1. The molecule has 5 atom stereocenters. The molecule has 10 heteroatoms. The standard InChI is InChI=1S/C35H59NO6SSi2/c1-24-15-14-16-28(19-20-39-7)17-18-30(25(2)21-29-23-43-27(4)36-29)40-32(37)22-31(41-44(8,9)10)35(5,6)34(38)26(3)33(24)42-45(11,12)13/h17,19-21,23-24,26,30-31,33H,14-16,18,22H2,1-13H3/b20-19+,25-21+,28-17+/t24-,26+,30-,31?,33?/m0/s1. The Labute approximate surface area is 279 Å². The molecule has 0 saturated carbocycles. The number of hydrogen-bond acceptors (Lipinski definition) is 8. The van der Waals surface area contributed by atoms with Crippen molar-refractivity contribution < 1.29 is 27.9 Å². The number of Topliss-reactive ketones (excluding diaryl/α,β-unsaturated/α-hetero) is 1. The third kappa shape index (κ3) is 13.0. The van der Waals surface area contributed by atoms with Crippen LogP contribution in [0, 0.1) is 24.2 Å². The van der Waals surface area contributed by atoms with Crippen LogP contribution in [0.25, 0.3) is 6.08 Å². The molecular weight excluding hydrogens is 619 g/mol. The van der Waals surface area contributed by atoms with Crippen molar-refractivity contribution in [3.8, 4) is 0 Å². The fraction of sp³-hybridized carbons (Fsp3) is 0.686. The molecule has 0 aromatic carbocycles. The minimum Gasteiger partial charge on any atom is -0.504 e. The van der Waals surface area contributed by atoms with Crippen LogP contribution in [0.15, 0.2) is 34.9 Å². The molecule has 0 aliphatic carbocycles. The average Bonchev–Trinajstić information content (AvgIpc) is 3.32. The van der Waals surface area contributed by atoms with E-state index in [4.69, 9.17) is 18.3 Å². The summed E-state index contributed by atoms with van der Waals surface area (Å²) in [6.45, 7) is 24.8. The highest BCUT2D eigenvalue weighted by atomic mass is 32.1. The van der Waals surface area contributed by atoms with Gasteiger partial charge in [0.25, 0.3) is 0 Å². The van der Waals surface area contributed by atoms with Crippen LogP contribution in [0.2, 0.25) is 39.3 Å². The molecule has 254 valence electrons. The average molecular weight is 678 g/mol. The van der Waals surface area contributed by atoms with E-state index in [1.54, 1.807) is 24.7 Å². The van der Waals surface area contributed by atoms with Gasteiger partial charge in [0.1, 0.15) is 11.9 Å². The molecule has 45 heavy (non-hydrogen) atoms. The lowest BCUT2D eigenvalue weighted by molar-refractivity contribution is -0.153. The zero-order valence-electron chi connectivity index (χ0n) is 30.1. The monoisotopic (exact) mass is 677 g/mol. The van der Waals surface area contributed by atoms with Crippen molar-refractivity contribution in [3.63, 3.8) is 0 Å². The van der Waals surface area contributed by atoms with Gasteiger partial charge in [0.15, 0.2) is 16.6 Å². The molecule has 2 unspecified atom stereocenters. The van der Waals surface area contributed by atoms with Gasteiger partial charge in [-0.3, -0.25) is 9.59 Å². The van der Waals surface area contributed by atoms with Crippen molar-refractivity contribution in [2.24, 2.45) is 17.3 Å². The number of methoxy groups -OCH3 is 1. The largest absolute Gasteiger partial charge is 0.504 e. The van der Waals surface area contributed by atoms with Gasteiger partial charge in [0, 0.05) is 23.1 Å². The summed E-state index contributed by atoms with van der Waals surface area (Å²) in [5, 5.41) is 2.99. The van der Waals surface area contributed by atoms with Crippen LogP contribution in [-0.2, 0) is 27.9 Å². The van der Waals surface area contributed by atoms with Crippen molar-refractivity contribution in [2.45, 2.75) is 131 Å². The summed E-state index contributed by atoms with van der Waals surface area (Å²) in [7, 11) is -2.48. The molecule has 7 nitrogen and oxygen atoms in total. The summed E-state index contributed by atoms with van der Waals surface area (Å²) in [6, 6.07) is 0. The van der Waals surface area contributed by atoms with E-state index in [0.29, 0.717) is 6.42 Å². The maximum Gasteiger partial charge on any atom is 0.309 e. The number of carbonyl (C=O) groups is 2. The van der Waals surface area contributed by atoms with Crippen molar-refractivity contribution in [1.82, 2.24) is 4.98 Å². The molecule has 0 bridgehead atoms. The van der Waals surface area contributed by atoms with Gasteiger partial charge in [-0.25, -0.2) is 4.98 Å². The first kappa shape index (κ1) is 39.3. The molecular formula is C35H59NO6SSi2. The highest BCUT2D eigenvalue weighted by molar-refractivity contribution is 7.09. The van der Waals surface area contributed by atoms with E-state index in [0.717, 1.165) is 41.1 Å². The van der Waals surface area contributed by atoms with Crippen LogP contribution in [0.1, 0.15) is 77.4 Å². The Kier molecular flexibility index (Phi) is 14.7. The normalized spacial score (nSPS) is 28.1. The number of aromatic nitrogens is 1. The van der Waals surface area contributed by atoms with Gasteiger partial charge in [-0.2, -0.15) is 0 Å². The Hall–Kier alpha value is -1.86. The van der Waals surface area contributed by atoms with Gasteiger partial charge in [-0.05, 0) is 102 Å². The zero-order chi connectivity index (χ0) is 34.2. The van der Waals surface area contributed by atoms with Crippen molar-refractivity contribution >= 4 is 45.8 Å². The Morgan fingerprint density at radius 3 is 2.29 bits per heavy atom. The zero-order valence-corrected chi connectivity index (χ0v) is 32.9. The van der Waals surface area contributed by atoms with Crippen molar-refractivity contribution in [1.29, 1.82) is 0 Å². The number of nitrogens with zero attached hydrogens (tertiary/aromatic N) is 1. The minimum absolute atomic E-state index is 0.00936. The Bertz CT molecular complexity index is 1220. The lowest BCUT2D eigenvalue weighted by Gasteiger charge is -2.41. The summed E-state index contributed by atoms with van der Waals surface area (Å²) in [6.07, 6.45) is 9.66. The number of thiazole rings is 1. The summed E-state index contributed by atoms with van der Waals surface area (Å²) in [4.78, 5) is 32.8. The van der Waals surface area contributed by atoms with Crippen molar-refractivity contribution in [2.75, 3.05) is 7.11 Å². The molecule has 0 fully saturated rings. The molecule has 1 aliphatic rings. The van der Waals surface area contributed by atoms with Crippen LogP contribution in [0.5, 0.6) is 0 Å². The predicted molar refractivity (Wildman–Crippen MR) is 191 cm³/mol. The van der Waals surface area contributed by atoms with E-state index < -0.39 is 34.3 Å². The van der Waals surface area contributed by atoms with Crippen LogP contribution in [0.4, 0.5) is 0 Å². The van der Waals surface area contributed by atoms with Gasteiger partial charge in [0.05, 0.1) is 42.7 Å². The third-order valence-corrected chi connectivity index (χ3v) is 10.9. The number of ether oxygens (including phenoxy) is 2. The third-order valence-electron chi connectivity index (χ3n) is 8.18. The van der Waals surface area contributed by atoms with Gasteiger partial charge in [-0.1, -0.05) is 33.8 Å². The smallest absolute Gasteiger partial charge is 0.309 e. The quantitative estimate of drug-likeness (QED) is 0.154. The molecule has 0 saturated heterocycles. The van der Waals surface area contributed by atoms with Gasteiger partial charge < -0.3 is 18.3 Å². The molecule has 2 heterocycles. The topological polar surface area (TPSA) is 84.0 Å². The number of allylic oxidation sites excluding steroid dienone is 2. The number of rotatable bonds is 8. The van der Waals surface area contributed by atoms with E-state index >= 15 is 0 Å². The minimum atomic E-state index is -2.15. The highest BCUT2D eigenvalue weighted by Crippen LogP contribution is 2.37. The predicted octanol–water partition coefficient (Wildman–Crippen LogP) is 9.12. The molecule has 2 rings (SSSR count). The van der Waals surface area contributed by atoms with E-state index in [9.17, 15) is 9.59 Å². The number of esters is 1. The van der Waals surface area contributed by atoms with E-state index in [1.165, 1.54) is 0 Å². The Morgan fingerprint density at radius 2 is 1.73 bits per heavy atom. The lowest BCUT2D eigenvalue weighted by Crippen LogP contribution is -2.51. The molecule has 1 aromatic rings. The van der Waals surface area contributed by atoms with Crippen LogP contribution in [-0.4, -0.2) is 58.8 Å². The fourth-order valence-corrected chi connectivity index (χ4v) is 8.86. The summed E-state index contributed by atoms with van der Waals surface area (Å²) in [5.41, 5.74) is 1.95. The van der Waals surface area contributed by atoms with Gasteiger partial charge in [0.2, 0.25) is 0 Å². The summed E-state index contributed by atoms with van der Waals surface area (Å²) in [5.74, 6) is -0.498. The number of carbonyl (C=O) groups excluding carboxylic acids is 2. The SMILES string of the molecule is CO/C=C/C1=C/C[C@@H](/C(C)=C/c2csc(C)n2)OC(=O)CC(O[Si](C)(C)C)C(C)(C)C(=O)[C@H](C)C(O[Si](C)(C)C)[C@@H](C)CCC1. The number of cyclic esters (lactones) is 1. The fourth-order valence-electron chi connectivity index (χ4n) is 5.80. The number of hydrogen-bond donors (Lipinski definition) is 0. The first-order valence-electron chi connectivity index (χ1n) is 16.3. The Balaban J connectivity index is 2.62. The van der Waals surface area contributed by atoms with Crippen LogP contribution < -0.4 is 0 Å². The molecule has 1 aromatic heterocycles. The van der Waals surface area contributed by atoms with E-state index in [-0.39, 0.29) is 36.1 Å². The second kappa shape index (κ2) is 16.8. The second-order valence-corrected chi connectivity index (χ2v) is 25.1. The van der Waals surface area contributed by atoms with Crippen LogP contribution in [0.3, 0.4) is 0 Å². The lowest BCUT2D eigenvalue weighted by atomic mass is 9.73. The first-order valence-corrected chi connectivity index (χ1v) is 24.0. The summed E-state index contributed by atoms with van der Waals surface area (Å²) < 4.78 is 24.9. The maximum absolute atomic E-state index is 14.4. The summed E-state index contributed by atoms with van der Waals surface area (Å²) >= 11 is 1.59. The highest BCUT2D eigenvalue weighted by Gasteiger charge is 2.46. The molecule has 1 aliphatic heterocycles. The molecule has 0 radical (unpaired) electrons. The molecule has 0 N–H and O–H groups in total.